The van der Waals surface area contributed by atoms with Crippen LogP contribution < -0.4 is 9.62 Å². The lowest BCUT2D eigenvalue weighted by Crippen LogP contribution is -2.37. The Morgan fingerprint density at radius 1 is 1.38 bits per heavy atom. The molecule has 0 aliphatic rings. The minimum absolute atomic E-state index is 0.0274. The van der Waals surface area contributed by atoms with Gasteiger partial charge in [0.15, 0.2) is 5.76 Å². The standard InChI is InChI=1S/C15H18ClN3O4S/c1-10-15(11(2)23-18-10)24(21,22)17-7-8-19(12(3)20)14-6-4-5-13(16)9-14/h4-6,9,17H,7-8H2,1-3H3. The van der Waals surface area contributed by atoms with E-state index in [0.29, 0.717) is 16.4 Å². The molecule has 0 atom stereocenters. The smallest absolute Gasteiger partial charge is 0.246 e. The summed E-state index contributed by atoms with van der Waals surface area (Å²) >= 11 is 5.94. The minimum atomic E-state index is -3.76. The number of hydrogen-bond donors (Lipinski definition) is 1. The topological polar surface area (TPSA) is 92.5 Å². The first-order valence-electron chi connectivity index (χ1n) is 7.18. The molecule has 0 bridgehead atoms. The molecular weight excluding hydrogens is 354 g/mol. The van der Waals surface area contributed by atoms with Crippen LogP contribution in [-0.4, -0.2) is 32.6 Å². The Morgan fingerprint density at radius 3 is 2.62 bits per heavy atom. The first-order chi connectivity index (χ1) is 11.2. The van der Waals surface area contributed by atoms with Crippen LogP contribution in [-0.2, 0) is 14.8 Å². The second-order valence-electron chi connectivity index (χ2n) is 5.20. The van der Waals surface area contributed by atoms with Crippen molar-refractivity contribution in [3.63, 3.8) is 0 Å². The number of amides is 1. The number of anilines is 1. The molecule has 1 aromatic carbocycles. The van der Waals surface area contributed by atoms with Gasteiger partial charge in [-0.3, -0.25) is 4.79 Å². The average Bonchev–Trinajstić information content (AvgIpc) is 2.83. The fourth-order valence-corrected chi connectivity index (χ4v) is 3.87. The maximum Gasteiger partial charge on any atom is 0.246 e. The molecule has 0 aliphatic heterocycles. The normalized spacial score (nSPS) is 11.5. The van der Waals surface area contributed by atoms with Crippen LogP contribution in [0.2, 0.25) is 5.02 Å². The first kappa shape index (κ1) is 18.4. The highest BCUT2D eigenvalue weighted by atomic mass is 35.5. The molecule has 0 unspecified atom stereocenters. The summed E-state index contributed by atoms with van der Waals surface area (Å²) < 4.78 is 32.0. The van der Waals surface area contributed by atoms with Crippen LogP contribution in [0.3, 0.4) is 0 Å². The Labute approximate surface area is 145 Å². The van der Waals surface area contributed by atoms with Gasteiger partial charge in [0.1, 0.15) is 10.6 Å². The lowest BCUT2D eigenvalue weighted by Gasteiger charge is -2.21. The monoisotopic (exact) mass is 371 g/mol. The summed E-state index contributed by atoms with van der Waals surface area (Å²) in [6.07, 6.45) is 0. The highest BCUT2D eigenvalue weighted by Gasteiger charge is 2.24. The number of nitrogens with zero attached hydrogens (tertiary/aromatic N) is 2. The number of benzene rings is 1. The predicted molar refractivity (Wildman–Crippen MR) is 90.6 cm³/mol. The largest absolute Gasteiger partial charge is 0.360 e. The number of carbonyl (C=O) groups is 1. The minimum Gasteiger partial charge on any atom is -0.360 e. The van der Waals surface area contributed by atoms with Crippen molar-refractivity contribution in [1.29, 1.82) is 0 Å². The quantitative estimate of drug-likeness (QED) is 0.840. The second kappa shape index (κ2) is 7.33. The molecule has 9 heteroatoms. The molecule has 0 spiro atoms. The maximum atomic E-state index is 12.3. The highest BCUT2D eigenvalue weighted by Crippen LogP contribution is 2.20. The van der Waals surface area contributed by atoms with E-state index in [4.69, 9.17) is 16.1 Å². The van der Waals surface area contributed by atoms with Crippen LogP contribution in [0.4, 0.5) is 5.69 Å². The van der Waals surface area contributed by atoms with Gasteiger partial charge in [0, 0.05) is 30.7 Å². The molecule has 24 heavy (non-hydrogen) atoms. The lowest BCUT2D eigenvalue weighted by molar-refractivity contribution is -0.116. The molecule has 0 fully saturated rings. The van der Waals surface area contributed by atoms with Gasteiger partial charge in [-0.15, -0.1) is 0 Å². The van der Waals surface area contributed by atoms with E-state index >= 15 is 0 Å². The van der Waals surface area contributed by atoms with Gasteiger partial charge in [0.2, 0.25) is 15.9 Å². The number of nitrogens with one attached hydrogen (secondary N) is 1. The summed E-state index contributed by atoms with van der Waals surface area (Å²) in [4.78, 5) is 13.3. The molecule has 2 rings (SSSR count). The fourth-order valence-electron chi connectivity index (χ4n) is 2.33. The number of rotatable bonds is 6. The SMILES string of the molecule is CC(=O)N(CCNS(=O)(=O)c1c(C)noc1C)c1cccc(Cl)c1. The zero-order valence-electron chi connectivity index (χ0n) is 13.5. The van der Waals surface area contributed by atoms with Gasteiger partial charge in [-0.05, 0) is 32.0 Å². The molecule has 1 aromatic heterocycles. The molecule has 130 valence electrons. The summed E-state index contributed by atoms with van der Waals surface area (Å²) in [6.45, 7) is 4.70. The Hall–Kier alpha value is -1.90. The zero-order chi connectivity index (χ0) is 17.9. The Morgan fingerprint density at radius 2 is 2.08 bits per heavy atom. The van der Waals surface area contributed by atoms with Crippen molar-refractivity contribution in [2.24, 2.45) is 0 Å². The summed E-state index contributed by atoms with van der Waals surface area (Å²) in [5.74, 6) is 0.00655. The average molecular weight is 372 g/mol. The van der Waals surface area contributed by atoms with Gasteiger partial charge in [0.25, 0.3) is 0 Å². The van der Waals surface area contributed by atoms with Crippen molar-refractivity contribution >= 4 is 33.2 Å². The van der Waals surface area contributed by atoms with Gasteiger partial charge in [-0.1, -0.05) is 22.8 Å². The van der Waals surface area contributed by atoms with Gasteiger partial charge in [-0.2, -0.15) is 0 Å². The van der Waals surface area contributed by atoms with E-state index in [9.17, 15) is 13.2 Å². The highest BCUT2D eigenvalue weighted by molar-refractivity contribution is 7.89. The summed E-state index contributed by atoms with van der Waals surface area (Å²) in [6, 6.07) is 6.80. The van der Waals surface area contributed by atoms with Gasteiger partial charge < -0.3 is 9.42 Å². The van der Waals surface area contributed by atoms with E-state index in [1.54, 1.807) is 31.2 Å². The number of hydrogen-bond acceptors (Lipinski definition) is 5. The van der Waals surface area contributed by atoms with Gasteiger partial charge >= 0.3 is 0 Å². The van der Waals surface area contributed by atoms with Crippen LogP contribution in [0.1, 0.15) is 18.4 Å². The molecule has 0 aliphatic carbocycles. The van der Waals surface area contributed by atoms with Crippen LogP contribution in [0.25, 0.3) is 0 Å². The number of halogens is 1. The molecule has 0 saturated heterocycles. The van der Waals surface area contributed by atoms with Crippen molar-refractivity contribution in [1.82, 2.24) is 9.88 Å². The third-order valence-electron chi connectivity index (χ3n) is 3.36. The number of aryl methyl sites for hydroxylation is 2. The summed E-state index contributed by atoms with van der Waals surface area (Å²) in [7, 11) is -3.76. The van der Waals surface area contributed by atoms with Crippen molar-refractivity contribution < 1.29 is 17.7 Å². The zero-order valence-corrected chi connectivity index (χ0v) is 15.1. The predicted octanol–water partition coefficient (Wildman–Crippen LogP) is 2.28. The Balaban J connectivity index is 2.10. The van der Waals surface area contributed by atoms with Crippen molar-refractivity contribution in [3.05, 3.63) is 40.7 Å². The third-order valence-corrected chi connectivity index (χ3v) is 5.30. The second-order valence-corrected chi connectivity index (χ2v) is 7.34. The van der Waals surface area contributed by atoms with Crippen LogP contribution >= 0.6 is 11.6 Å². The van der Waals surface area contributed by atoms with E-state index in [2.05, 4.69) is 9.88 Å². The molecule has 1 amide bonds. The third kappa shape index (κ3) is 4.14. The van der Waals surface area contributed by atoms with Crippen molar-refractivity contribution in [3.8, 4) is 0 Å². The number of aromatic nitrogens is 1. The van der Waals surface area contributed by atoms with Crippen LogP contribution in [0.15, 0.2) is 33.7 Å². The molecule has 7 nitrogen and oxygen atoms in total. The summed E-state index contributed by atoms with van der Waals surface area (Å²) in [5, 5.41) is 4.13. The molecule has 0 saturated carbocycles. The first-order valence-corrected chi connectivity index (χ1v) is 9.04. The summed E-state index contributed by atoms with van der Waals surface area (Å²) in [5.41, 5.74) is 0.893. The number of sulfonamides is 1. The Kier molecular flexibility index (Phi) is 5.63. The van der Waals surface area contributed by atoms with Gasteiger partial charge in [-0.25, -0.2) is 13.1 Å². The van der Waals surface area contributed by atoms with Crippen LogP contribution in [0, 0.1) is 13.8 Å². The fraction of sp³-hybridized carbons (Fsp3) is 0.333. The van der Waals surface area contributed by atoms with Gasteiger partial charge in [0.05, 0.1) is 0 Å². The van der Waals surface area contributed by atoms with E-state index in [0.717, 1.165) is 0 Å². The Bertz CT molecular complexity index is 829. The lowest BCUT2D eigenvalue weighted by atomic mass is 10.3. The van der Waals surface area contributed by atoms with E-state index in [1.807, 2.05) is 0 Å². The maximum absolute atomic E-state index is 12.3. The molecule has 0 radical (unpaired) electrons. The van der Waals surface area contributed by atoms with Crippen molar-refractivity contribution in [2.75, 3.05) is 18.0 Å². The molecule has 1 N–H and O–H groups in total. The van der Waals surface area contributed by atoms with E-state index in [-0.39, 0.29) is 29.7 Å². The van der Waals surface area contributed by atoms with E-state index in [1.165, 1.54) is 18.7 Å². The molecular formula is C15H18ClN3O4S. The van der Waals surface area contributed by atoms with E-state index < -0.39 is 10.0 Å². The number of carbonyl (C=O) groups excluding carboxylic acids is 1. The van der Waals surface area contributed by atoms with Crippen LogP contribution in [0.5, 0.6) is 0 Å². The van der Waals surface area contributed by atoms with Crippen molar-refractivity contribution in [2.45, 2.75) is 25.7 Å². The molecule has 2 aromatic rings. The molecule has 1 heterocycles.